The van der Waals surface area contributed by atoms with Gasteiger partial charge in [0.15, 0.2) is 0 Å². The van der Waals surface area contributed by atoms with Crippen LogP contribution in [0.15, 0.2) is 203 Å². The number of anilines is 6. The molecule has 13 rings (SSSR count). The molecule has 4 nitrogen and oxygen atoms in total. The molecule has 10 aromatic carbocycles. The molecule has 0 spiro atoms. The van der Waals surface area contributed by atoms with Crippen LogP contribution in [0.4, 0.5) is 34.1 Å². The number of benzene rings is 10. The van der Waals surface area contributed by atoms with Gasteiger partial charge in [0.1, 0.15) is 22.3 Å². The minimum absolute atomic E-state index is 0.893. The summed E-state index contributed by atoms with van der Waals surface area (Å²) >= 11 is 1.90. The largest absolute Gasteiger partial charge is 0.456 e. The first-order valence-corrected chi connectivity index (χ1v) is 31.7. The zero-order valence-corrected chi connectivity index (χ0v) is 42.4. The molecule has 0 N–H and O–H groups in total. The van der Waals surface area contributed by atoms with E-state index in [4.69, 9.17) is 8.83 Å². The monoisotopic (exact) mass is 942 g/mol. The first kappa shape index (κ1) is 41.7. The van der Waals surface area contributed by atoms with Crippen LogP contribution in [-0.2, 0) is 0 Å². The fraction of sp³-hybridized carbons (Fsp3) is 0.0968. The summed E-state index contributed by atoms with van der Waals surface area (Å²) in [5.74, 6) is 0. The third-order valence-corrected chi connectivity index (χ3v) is 19.5. The number of nitrogens with zero attached hydrogens (tertiary/aromatic N) is 2. The zero-order chi connectivity index (χ0) is 46.8. The Balaban J connectivity index is 0.993. The van der Waals surface area contributed by atoms with Crippen molar-refractivity contribution in [2.45, 2.75) is 39.3 Å². The molecule has 0 aliphatic carbocycles. The second-order valence-corrected chi connectivity index (χ2v) is 31.8. The Morgan fingerprint density at radius 1 is 0.319 bits per heavy atom. The van der Waals surface area contributed by atoms with Crippen LogP contribution < -0.4 is 20.2 Å². The topological polar surface area (TPSA) is 32.8 Å². The molecule has 334 valence electrons. The maximum Gasteiger partial charge on any atom is 0.135 e. The van der Waals surface area contributed by atoms with Gasteiger partial charge < -0.3 is 18.6 Å². The molecule has 0 aliphatic heterocycles. The number of fused-ring (bicyclic) bond motifs is 14. The summed E-state index contributed by atoms with van der Waals surface area (Å²) in [6.07, 6.45) is 0. The molecule has 0 fully saturated rings. The van der Waals surface area contributed by atoms with E-state index in [1.807, 2.05) is 23.5 Å². The van der Waals surface area contributed by atoms with Crippen LogP contribution >= 0.6 is 11.3 Å². The van der Waals surface area contributed by atoms with Gasteiger partial charge in [0.2, 0.25) is 0 Å². The standard InChI is InChI=1S/C62H50N2O2SSi2/c1-68(2,3)45-27-19-39(20-28-45)63(42-25-33-58-54(36-42)48-14-9-11-17-56(48)65-58)41-23-31-51-53(35-41)47-13-7-8-16-50(47)61-52-32-24-44(38-60(52)67-62(51)61)64(40-21-29-46(30-22-40)69(4,5)6)43-26-34-59-55(37-43)49-15-10-12-18-57(49)66-59/h7-38H,1-6H3. The summed E-state index contributed by atoms with van der Waals surface area (Å²) in [6, 6.07) is 71.6. The van der Waals surface area contributed by atoms with Crippen LogP contribution in [0.2, 0.25) is 39.3 Å². The molecule has 0 unspecified atom stereocenters. The average molecular weight is 943 g/mol. The molecule has 3 heterocycles. The molecule has 3 aromatic heterocycles. The van der Waals surface area contributed by atoms with Crippen molar-refractivity contribution >= 4 is 158 Å². The Kier molecular flexibility index (Phi) is 9.41. The van der Waals surface area contributed by atoms with Gasteiger partial charge >= 0.3 is 0 Å². The van der Waals surface area contributed by atoms with Crippen molar-refractivity contribution in [3.8, 4) is 0 Å². The summed E-state index contributed by atoms with van der Waals surface area (Å²) < 4.78 is 15.2. The van der Waals surface area contributed by atoms with Crippen molar-refractivity contribution in [1.29, 1.82) is 0 Å². The number of hydrogen-bond acceptors (Lipinski definition) is 5. The molecule has 0 atom stereocenters. The summed E-state index contributed by atoms with van der Waals surface area (Å²) in [7, 11) is -3.03. The number of rotatable bonds is 8. The van der Waals surface area contributed by atoms with E-state index in [1.165, 1.54) is 52.1 Å². The van der Waals surface area contributed by atoms with E-state index >= 15 is 0 Å². The number of para-hydroxylation sites is 2. The van der Waals surface area contributed by atoms with E-state index in [2.05, 4.69) is 231 Å². The van der Waals surface area contributed by atoms with E-state index in [0.717, 1.165) is 78.0 Å². The van der Waals surface area contributed by atoms with Crippen LogP contribution in [0.25, 0.3) is 85.6 Å². The zero-order valence-electron chi connectivity index (χ0n) is 39.6. The molecule has 0 saturated carbocycles. The highest BCUT2D eigenvalue weighted by Gasteiger charge is 2.24. The van der Waals surface area contributed by atoms with Crippen molar-refractivity contribution in [2.24, 2.45) is 0 Å². The van der Waals surface area contributed by atoms with Gasteiger partial charge in [-0.2, -0.15) is 0 Å². The van der Waals surface area contributed by atoms with Gasteiger partial charge in [0.05, 0.1) is 16.1 Å². The second-order valence-electron chi connectivity index (χ2n) is 20.6. The van der Waals surface area contributed by atoms with Crippen LogP contribution in [0.5, 0.6) is 0 Å². The minimum Gasteiger partial charge on any atom is -0.456 e. The van der Waals surface area contributed by atoms with Crippen molar-refractivity contribution < 1.29 is 8.83 Å². The lowest BCUT2D eigenvalue weighted by Gasteiger charge is -2.27. The highest BCUT2D eigenvalue weighted by molar-refractivity contribution is 7.27. The summed E-state index contributed by atoms with van der Waals surface area (Å²) in [5.41, 5.74) is 10.3. The Morgan fingerprint density at radius 2 is 0.710 bits per heavy atom. The van der Waals surface area contributed by atoms with Gasteiger partial charge in [-0.3, -0.25) is 0 Å². The van der Waals surface area contributed by atoms with Crippen molar-refractivity contribution in [1.82, 2.24) is 0 Å². The van der Waals surface area contributed by atoms with Gasteiger partial charge in [-0.1, -0.05) is 147 Å². The molecule has 0 bridgehead atoms. The van der Waals surface area contributed by atoms with Gasteiger partial charge in [-0.05, 0) is 113 Å². The third-order valence-electron chi connectivity index (χ3n) is 14.1. The second kappa shape index (κ2) is 15.6. The molecule has 0 radical (unpaired) electrons. The van der Waals surface area contributed by atoms with E-state index in [-0.39, 0.29) is 0 Å². The van der Waals surface area contributed by atoms with E-state index in [1.54, 1.807) is 0 Å². The van der Waals surface area contributed by atoms with Crippen LogP contribution in [0.3, 0.4) is 0 Å². The highest BCUT2D eigenvalue weighted by Crippen LogP contribution is 2.48. The molecule has 0 saturated heterocycles. The summed E-state index contributed by atoms with van der Waals surface area (Å²) in [4.78, 5) is 4.83. The Morgan fingerprint density at radius 3 is 1.22 bits per heavy atom. The maximum absolute atomic E-state index is 6.31. The van der Waals surface area contributed by atoms with Crippen molar-refractivity contribution in [3.05, 3.63) is 194 Å². The highest BCUT2D eigenvalue weighted by atomic mass is 32.1. The lowest BCUT2D eigenvalue weighted by molar-refractivity contribution is 0.668. The number of furan rings is 2. The smallest absolute Gasteiger partial charge is 0.135 e. The van der Waals surface area contributed by atoms with E-state index < -0.39 is 16.1 Å². The first-order valence-electron chi connectivity index (χ1n) is 23.9. The Bertz CT molecular complexity index is 4170. The summed E-state index contributed by atoms with van der Waals surface area (Å²) in [6.45, 7) is 14.5. The Labute approximate surface area is 407 Å². The SMILES string of the molecule is C[Si](C)(C)c1ccc(N(c2ccc3c(c2)sc2c4ccc(N(c5ccc([Si](C)(C)C)cc5)c5ccc6oc7ccccc7c6c5)cc4c4ccccc4c32)c2ccc3oc4ccccc4c3c2)cc1. The first-order chi connectivity index (χ1) is 33.4. The minimum atomic E-state index is -1.52. The van der Waals surface area contributed by atoms with E-state index in [9.17, 15) is 0 Å². The lowest BCUT2D eigenvalue weighted by Crippen LogP contribution is -2.37. The van der Waals surface area contributed by atoms with Gasteiger partial charge in [-0.15, -0.1) is 11.3 Å². The van der Waals surface area contributed by atoms with Crippen LogP contribution in [0.1, 0.15) is 0 Å². The fourth-order valence-corrected chi connectivity index (χ4v) is 14.2. The van der Waals surface area contributed by atoms with Gasteiger partial charge in [-0.25, -0.2) is 0 Å². The van der Waals surface area contributed by atoms with Crippen LogP contribution in [0, 0.1) is 0 Å². The molecule has 0 amide bonds. The lowest BCUT2D eigenvalue weighted by atomic mass is 9.96. The molecular weight excluding hydrogens is 893 g/mol. The van der Waals surface area contributed by atoms with Gasteiger partial charge in [0.25, 0.3) is 0 Å². The van der Waals surface area contributed by atoms with E-state index in [0.29, 0.717) is 0 Å². The predicted molar refractivity (Wildman–Crippen MR) is 304 cm³/mol. The average Bonchev–Trinajstić information content (AvgIpc) is 4.05. The number of hydrogen-bond donors (Lipinski definition) is 0. The Hall–Kier alpha value is -7.43. The molecular formula is C62H50N2O2SSi2. The van der Waals surface area contributed by atoms with Crippen molar-refractivity contribution in [2.75, 3.05) is 9.80 Å². The number of thiophene rings is 1. The normalized spacial score (nSPS) is 12.5. The predicted octanol–water partition coefficient (Wildman–Crippen LogP) is 18.2. The molecule has 13 aromatic rings. The van der Waals surface area contributed by atoms with Gasteiger partial charge in [0, 0.05) is 81.2 Å². The summed E-state index contributed by atoms with van der Waals surface area (Å²) in [5, 5.41) is 15.0. The molecule has 0 aliphatic rings. The maximum atomic E-state index is 6.31. The fourth-order valence-electron chi connectivity index (χ4n) is 10.5. The van der Waals surface area contributed by atoms with Crippen LogP contribution in [-0.4, -0.2) is 16.1 Å². The third kappa shape index (κ3) is 6.90. The van der Waals surface area contributed by atoms with Crippen molar-refractivity contribution in [3.63, 3.8) is 0 Å². The quantitative estimate of drug-likeness (QED) is 0.112. The molecule has 7 heteroatoms. The molecule has 69 heavy (non-hydrogen) atoms.